The molecule has 0 heterocycles. The van der Waals surface area contributed by atoms with Crippen LogP contribution in [0.1, 0.15) is 471 Å². The Kier molecular flexibility index (Phi) is 78.2. The van der Waals surface area contributed by atoms with Crippen LogP contribution in [0.15, 0.2) is 0 Å². The van der Waals surface area contributed by atoms with Gasteiger partial charge in [0.05, 0.1) is 26.4 Å². The molecule has 2 unspecified atom stereocenters. The Morgan fingerprint density at radius 3 is 0.642 bits per heavy atom. The highest BCUT2D eigenvalue weighted by Crippen LogP contribution is 2.45. The zero-order chi connectivity index (χ0) is 77.6. The molecule has 19 heteroatoms. The Labute approximate surface area is 651 Å². The monoisotopic (exact) mass is 1550 g/mol. The van der Waals surface area contributed by atoms with Crippen LogP contribution in [0.25, 0.3) is 0 Å². The summed E-state index contributed by atoms with van der Waals surface area (Å²) >= 11 is 0. The van der Waals surface area contributed by atoms with Gasteiger partial charge in [0.25, 0.3) is 0 Å². The van der Waals surface area contributed by atoms with Crippen molar-refractivity contribution in [3.63, 3.8) is 0 Å². The van der Waals surface area contributed by atoms with Crippen molar-refractivity contribution in [2.24, 2.45) is 5.92 Å². The third-order valence-corrected chi connectivity index (χ3v) is 22.4. The molecule has 0 bridgehead atoms. The van der Waals surface area contributed by atoms with Gasteiger partial charge in [-0.15, -0.1) is 0 Å². The van der Waals surface area contributed by atoms with Gasteiger partial charge in [-0.3, -0.25) is 37.3 Å². The van der Waals surface area contributed by atoms with E-state index in [-0.39, 0.29) is 25.7 Å². The van der Waals surface area contributed by atoms with Crippen molar-refractivity contribution in [2.45, 2.75) is 490 Å². The van der Waals surface area contributed by atoms with Gasteiger partial charge in [0.15, 0.2) is 12.2 Å². The molecule has 5 atom stereocenters. The van der Waals surface area contributed by atoms with E-state index in [4.69, 9.17) is 37.0 Å². The number of rotatable bonds is 87. The van der Waals surface area contributed by atoms with Crippen LogP contribution in [0, 0.1) is 5.92 Å². The molecule has 0 saturated carbocycles. The summed E-state index contributed by atoms with van der Waals surface area (Å²) in [6.45, 7) is 7.40. The van der Waals surface area contributed by atoms with Crippen LogP contribution >= 0.6 is 15.6 Å². The average Bonchev–Trinajstić information content (AvgIpc) is 0.906. The fraction of sp³-hybridized carbons (Fsp3) is 0.954. The van der Waals surface area contributed by atoms with Gasteiger partial charge in [-0.1, -0.05) is 420 Å². The van der Waals surface area contributed by atoms with Crippen LogP contribution in [0.4, 0.5) is 0 Å². The Morgan fingerprint density at radius 1 is 0.255 bits per heavy atom. The topological polar surface area (TPSA) is 237 Å². The molecule has 0 fully saturated rings. The van der Waals surface area contributed by atoms with E-state index in [2.05, 4.69) is 34.6 Å². The lowest BCUT2D eigenvalue weighted by Gasteiger charge is -2.21. The summed E-state index contributed by atoms with van der Waals surface area (Å²) in [6, 6.07) is 0. The van der Waals surface area contributed by atoms with Gasteiger partial charge in [0.2, 0.25) is 0 Å². The van der Waals surface area contributed by atoms with E-state index < -0.39 is 97.5 Å². The molecule has 0 aliphatic heterocycles. The Hall–Kier alpha value is -1.94. The number of unbranched alkanes of at least 4 members (excludes halogenated alkanes) is 59. The highest BCUT2D eigenvalue weighted by atomic mass is 31.2. The fourth-order valence-electron chi connectivity index (χ4n) is 13.6. The second-order valence-corrected chi connectivity index (χ2v) is 34.7. The van der Waals surface area contributed by atoms with E-state index in [1.54, 1.807) is 0 Å². The van der Waals surface area contributed by atoms with Crippen LogP contribution in [0.2, 0.25) is 0 Å². The molecule has 0 saturated heterocycles. The van der Waals surface area contributed by atoms with Gasteiger partial charge in [-0.2, -0.15) is 0 Å². The first kappa shape index (κ1) is 104. The molecule has 0 radical (unpaired) electrons. The van der Waals surface area contributed by atoms with Crippen molar-refractivity contribution in [2.75, 3.05) is 39.6 Å². The number of phosphoric acid groups is 2. The Morgan fingerprint density at radius 2 is 0.434 bits per heavy atom. The van der Waals surface area contributed by atoms with Gasteiger partial charge < -0.3 is 33.8 Å². The van der Waals surface area contributed by atoms with Crippen molar-refractivity contribution in [1.29, 1.82) is 0 Å². The number of esters is 4. The van der Waals surface area contributed by atoms with E-state index in [0.717, 1.165) is 95.8 Å². The number of aliphatic hydroxyl groups excluding tert-OH is 1. The van der Waals surface area contributed by atoms with E-state index in [1.165, 1.54) is 295 Å². The molecule has 3 N–H and O–H groups in total. The smallest absolute Gasteiger partial charge is 0.462 e. The summed E-state index contributed by atoms with van der Waals surface area (Å²) in [5.41, 5.74) is 0. The summed E-state index contributed by atoms with van der Waals surface area (Å²) in [5.74, 6) is -1.30. The second kappa shape index (κ2) is 79.7. The second-order valence-electron chi connectivity index (χ2n) is 31.8. The predicted octanol–water partition coefficient (Wildman–Crippen LogP) is 26.8. The molecule has 0 amide bonds. The molecule has 0 aromatic rings. The maximum atomic E-state index is 13.2. The van der Waals surface area contributed by atoms with Crippen molar-refractivity contribution < 1.29 is 80.2 Å². The van der Waals surface area contributed by atoms with Crippen LogP contribution in [0.5, 0.6) is 0 Å². The summed E-state index contributed by atoms with van der Waals surface area (Å²) in [6.07, 6.45) is 73.5. The summed E-state index contributed by atoms with van der Waals surface area (Å²) in [5, 5.41) is 10.7. The highest BCUT2D eigenvalue weighted by Gasteiger charge is 2.30. The first-order chi connectivity index (χ1) is 51.5. The lowest BCUT2D eigenvalue weighted by molar-refractivity contribution is -0.161. The average molecular weight is 1550 g/mol. The minimum Gasteiger partial charge on any atom is -0.462 e. The first-order valence-corrected chi connectivity index (χ1v) is 48.1. The highest BCUT2D eigenvalue weighted by molar-refractivity contribution is 7.47. The van der Waals surface area contributed by atoms with Crippen LogP contribution < -0.4 is 0 Å². The predicted molar refractivity (Wildman–Crippen MR) is 437 cm³/mol. The first-order valence-electron chi connectivity index (χ1n) is 45.1. The molecular weight excluding hydrogens is 1380 g/mol. The number of carbonyl (C=O) groups excluding carboxylic acids is 4. The molecule has 0 aromatic carbocycles. The number of carbonyl (C=O) groups is 4. The van der Waals surface area contributed by atoms with Gasteiger partial charge in [0.1, 0.15) is 19.3 Å². The zero-order valence-corrected chi connectivity index (χ0v) is 71.4. The van der Waals surface area contributed by atoms with Gasteiger partial charge >= 0.3 is 39.5 Å². The molecule has 0 aromatic heterocycles. The minimum absolute atomic E-state index is 0.109. The molecular formula is C87H170O17P2. The number of ether oxygens (including phenoxy) is 4. The zero-order valence-electron chi connectivity index (χ0n) is 69.6. The number of hydrogen-bond donors (Lipinski definition) is 3. The number of hydrogen-bond acceptors (Lipinski definition) is 15. The molecule has 630 valence electrons. The maximum absolute atomic E-state index is 13.2. The molecule has 0 aliphatic carbocycles. The quantitative estimate of drug-likeness (QED) is 0.0222. The van der Waals surface area contributed by atoms with E-state index >= 15 is 0 Å². The molecule has 0 spiro atoms. The summed E-state index contributed by atoms with van der Waals surface area (Å²) in [7, 11) is -9.93. The van der Waals surface area contributed by atoms with E-state index in [0.29, 0.717) is 25.7 Å². The molecule has 106 heavy (non-hydrogen) atoms. The molecule has 0 aliphatic rings. The van der Waals surface area contributed by atoms with Crippen LogP contribution in [0.3, 0.4) is 0 Å². The SMILES string of the molecule is CCCCCCCCCCCCCCCCCCCCCCC(=O)O[C@H](COC(=O)CCCCCCCCCCCCCCCCC(C)C)COP(=O)(O)OC[C@@H](O)COP(=O)(O)OC[C@@H](COC(=O)CCCCCCCCCCCCCC)OC(=O)CCCCCCCCCCCCCCCCCCC. The fourth-order valence-corrected chi connectivity index (χ4v) is 15.2. The Balaban J connectivity index is 5.25. The summed E-state index contributed by atoms with van der Waals surface area (Å²) < 4.78 is 69.0. The normalized spacial score (nSPS) is 13.7. The van der Waals surface area contributed by atoms with Crippen molar-refractivity contribution in [3.8, 4) is 0 Å². The third-order valence-electron chi connectivity index (χ3n) is 20.5. The van der Waals surface area contributed by atoms with E-state index in [1.807, 2.05) is 0 Å². The van der Waals surface area contributed by atoms with Crippen molar-refractivity contribution in [1.82, 2.24) is 0 Å². The van der Waals surface area contributed by atoms with Crippen molar-refractivity contribution >= 4 is 39.5 Å². The standard InChI is InChI=1S/C87H170O17P2/c1-6-9-12-15-18-21-24-27-29-31-32-33-35-37-43-48-53-58-63-68-73-87(92)104-83(77-98-85(90)71-66-61-56-51-46-41-39-38-40-44-49-54-59-64-69-80(4)5)79-102-106(95,96)100-75-81(88)74-99-105(93,94)101-78-82(76-97-84(89)70-65-60-55-50-45-26-23-20-17-14-11-8-3)103-86(91)72-67-62-57-52-47-42-36-34-30-28-25-22-19-16-13-10-7-2/h80-83,88H,6-79H2,1-5H3,(H,93,94)(H,95,96)/t81-,82+,83+/m0/s1. The number of phosphoric ester groups is 2. The van der Waals surface area contributed by atoms with Gasteiger partial charge in [-0.25, -0.2) is 9.13 Å². The van der Waals surface area contributed by atoms with Gasteiger partial charge in [-0.05, 0) is 31.6 Å². The number of aliphatic hydroxyl groups is 1. The largest absolute Gasteiger partial charge is 0.472 e. The molecule has 0 rings (SSSR count). The lowest BCUT2D eigenvalue weighted by atomic mass is 10.0. The van der Waals surface area contributed by atoms with Crippen molar-refractivity contribution in [3.05, 3.63) is 0 Å². The maximum Gasteiger partial charge on any atom is 0.472 e. The minimum atomic E-state index is -4.97. The van der Waals surface area contributed by atoms with Crippen LogP contribution in [-0.2, 0) is 65.4 Å². The lowest BCUT2D eigenvalue weighted by Crippen LogP contribution is -2.30. The Bertz CT molecular complexity index is 2010. The molecule has 17 nitrogen and oxygen atoms in total. The summed E-state index contributed by atoms with van der Waals surface area (Å²) in [4.78, 5) is 73.3. The van der Waals surface area contributed by atoms with E-state index in [9.17, 15) is 43.2 Å². The van der Waals surface area contributed by atoms with Gasteiger partial charge in [0, 0.05) is 25.7 Å². The third kappa shape index (κ3) is 80.1. The van der Waals surface area contributed by atoms with Crippen LogP contribution in [-0.4, -0.2) is 96.7 Å².